The van der Waals surface area contributed by atoms with E-state index in [1.807, 2.05) is 31.2 Å². The minimum absolute atomic E-state index is 0.00880. The van der Waals surface area contributed by atoms with E-state index in [4.69, 9.17) is 5.26 Å². The standard InChI is InChI=1S/C19H15N5O2S/c1-14-7-9-15(10-8-14)18-17(13-21)24(12-11-20)22-19(18)23-27(25,26)16-5-3-2-4-6-16/h2-10H,12H2,1H3,(H,22,23). The highest BCUT2D eigenvalue weighted by Crippen LogP contribution is 2.32. The van der Waals surface area contributed by atoms with E-state index in [1.54, 1.807) is 30.3 Å². The lowest BCUT2D eigenvalue weighted by Gasteiger charge is -2.08. The summed E-state index contributed by atoms with van der Waals surface area (Å²) in [6, 6.07) is 19.1. The summed E-state index contributed by atoms with van der Waals surface area (Å²) in [7, 11) is -3.90. The van der Waals surface area contributed by atoms with Gasteiger partial charge in [0.1, 0.15) is 18.3 Å². The van der Waals surface area contributed by atoms with Crippen LogP contribution in [0.2, 0.25) is 0 Å². The number of aromatic nitrogens is 2. The molecule has 0 amide bonds. The molecular formula is C19H15N5O2S. The van der Waals surface area contributed by atoms with Gasteiger partial charge in [0.2, 0.25) is 0 Å². The van der Waals surface area contributed by atoms with Gasteiger partial charge in [-0.25, -0.2) is 13.1 Å². The Morgan fingerprint density at radius 2 is 1.74 bits per heavy atom. The highest BCUT2D eigenvalue weighted by atomic mass is 32.2. The van der Waals surface area contributed by atoms with Gasteiger partial charge in [-0.05, 0) is 24.6 Å². The van der Waals surface area contributed by atoms with Gasteiger partial charge in [0.05, 0.1) is 16.5 Å². The molecular weight excluding hydrogens is 362 g/mol. The van der Waals surface area contributed by atoms with Crippen molar-refractivity contribution >= 4 is 15.8 Å². The molecule has 7 nitrogen and oxygen atoms in total. The molecule has 0 spiro atoms. The van der Waals surface area contributed by atoms with Crippen molar-refractivity contribution in [1.82, 2.24) is 9.78 Å². The van der Waals surface area contributed by atoms with Crippen LogP contribution in [0.15, 0.2) is 59.5 Å². The Kier molecular flexibility index (Phi) is 4.93. The van der Waals surface area contributed by atoms with Gasteiger partial charge >= 0.3 is 0 Å². The molecule has 3 rings (SSSR count). The lowest BCUT2D eigenvalue weighted by molar-refractivity contribution is 0.600. The van der Waals surface area contributed by atoms with Crippen LogP contribution in [0.5, 0.6) is 0 Å². The second kappa shape index (κ2) is 7.32. The summed E-state index contributed by atoms with van der Waals surface area (Å²) < 4.78 is 29.0. The number of hydrogen-bond donors (Lipinski definition) is 1. The normalized spacial score (nSPS) is 10.8. The molecule has 0 saturated heterocycles. The quantitative estimate of drug-likeness (QED) is 0.734. The first-order valence-corrected chi connectivity index (χ1v) is 9.47. The Morgan fingerprint density at radius 3 is 2.33 bits per heavy atom. The molecule has 0 bridgehead atoms. The van der Waals surface area contributed by atoms with Crippen LogP contribution in [0.1, 0.15) is 11.3 Å². The summed E-state index contributed by atoms with van der Waals surface area (Å²) in [6.45, 7) is 1.75. The summed E-state index contributed by atoms with van der Waals surface area (Å²) in [5.41, 5.74) is 2.11. The Balaban J connectivity index is 2.16. The summed E-state index contributed by atoms with van der Waals surface area (Å²) >= 11 is 0. The van der Waals surface area contributed by atoms with Crippen LogP contribution in [0.4, 0.5) is 5.82 Å². The Hall–Kier alpha value is -3.62. The van der Waals surface area contributed by atoms with E-state index in [-0.39, 0.29) is 23.0 Å². The zero-order valence-corrected chi connectivity index (χ0v) is 15.2. The van der Waals surface area contributed by atoms with E-state index in [0.717, 1.165) is 5.56 Å². The van der Waals surface area contributed by atoms with Gasteiger partial charge in [-0.15, -0.1) is 0 Å². The van der Waals surface area contributed by atoms with E-state index in [1.165, 1.54) is 16.8 Å². The van der Waals surface area contributed by atoms with Gasteiger partial charge in [-0.2, -0.15) is 15.6 Å². The van der Waals surface area contributed by atoms with Crippen molar-refractivity contribution in [3.8, 4) is 23.3 Å². The first-order chi connectivity index (χ1) is 13.0. The van der Waals surface area contributed by atoms with Crippen molar-refractivity contribution in [3.63, 3.8) is 0 Å². The number of hydrogen-bond acceptors (Lipinski definition) is 5. The van der Waals surface area contributed by atoms with Gasteiger partial charge in [-0.1, -0.05) is 48.0 Å². The second-order valence-electron chi connectivity index (χ2n) is 5.78. The lowest BCUT2D eigenvalue weighted by atomic mass is 10.0. The number of anilines is 1. The van der Waals surface area contributed by atoms with E-state index < -0.39 is 10.0 Å². The van der Waals surface area contributed by atoms with Crippen LogP contribution >= 0.6 is 0 Å². The highest BCUT2D eigenvalue weighted by molar-refractivity contribution is 7.92. The van der Waals surface area contributed by atoms with Crippen molar-refractivity contribution in [2.75, 3.05) is 4.72 Å². The molecule has 8 heteroatoms. The van der Waals surface area contributed by atoms with Gasteiger partial charge < -0.3 is 0 Å². The fraction of sp³-hybridized carbons (Fsp3) is 0.105. The predicted octanol–water partition coefficient (Wildman–Crippen LogP) is 3.05. The number of sulfonamides is 1. The Morgan fingerprint density at radius 1 is 1.07 bits per heavy atom. The Labute approximate surface area is 157 Å². The third kappa shape index (κ3) is 3.66. The molecule has 0 radical (unpaired) electrons. The van der Waals surface area contributed by atoms with Gasteiger partial charge in [-0.3, -0.25) is 4.72 Å². The van der Waals surface area contributed by atoms with Crippen LogP contribution in [-0.4, -0.2) is 18.2 Å². The SMILES string of the molecule is Cc1ccc(-c2c(NS(=O)(=O)c3ccccc3)nn(CC#N)c2C#N)cc1. The van der Waals surface area contributed by atoms with E-state index >= 15 is 0 Å². The average molecular weight is 377 g/mol. The number of nitriles is 2. The molecule has 1 aromatic heterocycles. The van der Waals surface area contributed by atoms with Gasteiger partial charge in [0, 0.05) is 0 Å². The summed E-state index contributed by atoms with van der Waals surface area (Å²) in [6.07, 6.45) is 0. The highest BCUT2D eigenvalue weighted by Gasteiger charge is 2.24. The predicted molar refractivity (Wildman–Crippen MR) is 100.0 cm³/mol. The topological polar surface area (TPSA) is 112 Å². The zero-order valence-electron chi connectivity index (χ0n) is 14.4. The van der Waals surface area contributed by atoms with E-state index in [2.05, 4.69) is 9.82 Å². The fourth-order valence-corrected chi connectivity index (χ4v) is 3.64. The van der Waals surface area contributed by atoms with Crippen molar-refractivity contribution in [1.29, 1.82) is 10.5 Å². The molecule has 0 atom stereocenters. The molecule has 0 unspecified atom stereocenters. The minimum atomic E-state index is -3.90. The van der Waals surface area contributed by atoms with Crippen LogP contribution in [0, 0.1) is 29.6 Å². The molecule has 1 heterocycles. The van der Waals surface area contributed by atoms with E-state index in [9.17, 15) is 13.7 Å². The van der Waals surface area contributed by atoms with Crippen molar-refractivity contribution < 1.29 is 8.42 Å². The third-order valence-corrected chi connectivity index (χ3v) is 5.26. The average Bonchev–Trinajstić information content (AvgIpc) is 2.99. The third-order valence-electron chi connectivity index (χ3n) is 3.90. The summed E-state index contributed by atoms with van der Waals surface area (Å²) in [5.74, 6) is 0.00880. The number of benzene rings is 2. The number of rotatable bonds is 5. The van der Waals surface area contributed by atoms with Gasteiger partial charge in [0.25, 0.3) is 10.0 Å². The molecule has 0 aliphatic heterocycles. The van der Waals surface area contributed by atoms with Gasteiger partial charge in [0.15, 0.2) is 5.82 Å². The monoisotopic (exact) mass is 377 g/mol. The Bertz CT molecular complexity index is 1150. The number of nitrogens with zero attached hydrogens (tertiary/aromatic N) is 4. The first-order valence-electron chi connectivity index (χ1n) is 7.99. The zero-order chi connectivity index (χ0) is 19.4. The second-order valence-corrected chi connectivity index (χ2v) is 7.47. The van der Waals surface area contributed by atoms with Crippen LogP contribution in [-0.2, 0) is 16.6 Å². The molecule has 2 aromatic carbocycles. The molecule has 1 N–H and O–H groups in total. The molecule has 0 aliphatic carbocycles. The number of nitrogens with one attached hydrogen (secondary N) is 1. The maximum absolute atomic E-state index is 12.7. The molecule has 27 heavy (non-hydrogen) atoms. The maximum atomic E-state index is 12.7. The van der Waals surface area contributed by atoms with Crippen molar-refractivity contribution in [3.05, 3.63) is 65.9 Å². The molecule has 0 aliphatic rings. The molecule has 0 fully saturated rings. The molecule has 3 aromatic rings. The lowest BCUT2D eigenvalue weighted by Crippen LogP contribution is -2.14. The smallest absolute Gasteiger partial charge is 0.261 e. The fourth-order valence-electron chi connectivity index (χ4n) is 2.61. The minimum Gasteiger partial charge on any atom is -0.261 e. The van der Waals surface area contributed by atoms with Crippen LogP contribution < -0.4 is 4.72 Å². The van der Waals surface area contributed by atoms with Crippen LogP contribution in [0.3, 0.4) is 0 Å². The van der Waals surface area contributed by atoms with Crippen LogP contribution in [0.25, 0.3) is 11.1 Å². The first kappa shape index (κ1) is 18.2. The molecule has 134 valence electrons. The molecule has 0 saturated carbocycles. The van der Waals surface area contributed by atoms with Crippen molar-refractivity contribution in [2.45, 2.75) is 18.4 Å². The largest absolute Gasteiger partial charge is 0.263 e. The maximum Gasteiger partial charge on any atom is 0.263 e. The summed E-state index contributed by atoms with van der Waals surface area (Å²) in [5, 5.41) is 22.7. The van der Waals surface area contributed by atoms with E-state index in [0.29, 0.717) is 11.1 Å². The number of aryl methyl sites for hydroxylation is 1. The van der Waals surface area contributed by atoms with Crippen molar-refractivity contribution in [2.24, 2.45) is 0 Å². The summed E-state index contributed by atoms with van der Waals surface area (Å²) in [4.78, 5) is 0.0770.